The summed E-state index contributed by atoms with van der Waals surface area (Å²) in [6.07, 6.45) is 3.73. The van der Waals surface area contributed by atoms with E-state index >= 15 is 0 Å². The third kappa shape index (κ3) is 3.42. The number of nitrogens with two attached hydrogens (primary N) is 2. The number of aryl methyl sites for hydroxylation is 1. The van der Waals surface area contributed by atoms with E-state index in [1.54, 1.807) is 18.2 Å². The molecule has 1 aromatic carbocycles. The molecule has 2 atom stereocenters. The highest BCUT2D eigenvalue weighted by atomic mass is 16.2. The number of nitrogens with one attached hydrogen (secondary N) is 1. The Bertz CT molecular complexity index is 567. The number of hydrogen-bond donors (Lipinski definition) is 3. The van der Waals surface area contributed by atoms with Crippen LogP contribution in [0.3, 0.4) is 0 Å². The van der Waals surface area contributed by atoms with Crippen LogP contribution in [0.1, 0.15) is 48.5 Å². The van der Waals surface area contributed by atoms with Crippen LogP contribution in [-0.2, 0) is 4.79 Å². The fourth-order valence-corrected chi connectivity index (χ4v) is 2.98. The van der Waals surface area contributed by atoms with Gasteiger partial charge >= 0.3 is 0 Å². The highest BCUT2D eigenvalue weighted by molar-refractivity contribution is 5.98. The molecule has 0 aliphatic heterocycles. The van der Waals surface area contributed by atoms with Gasteiger partial charge in [-0.15, -0.1) is 0 Å². The summed E-state index contributed by atoms with van der Waals surface area (Å²) in [5.74, 6) is -0.784. The third-order valence-electron chi connectivity index (χ3n) is 4.34. The quantitative estimate of drug-likeness (QED) is 0.793. The van der Waals surface area contributed by atoms with Gasteiger partial charge in [0.15, 0.2) is 0 Å². The SMILES string of the molecule is Cc1ccc(NC(=O)C2CCCCC2(C)N)cc1C(N)=O. The summed E-state index contributed by atoms with van der Waals surface area (Å²) in [6.45, 7) is 3.74. The molecule has 2 unspecified atom stereocenters. The molecule has 1 aromatic rings. The lowest BCUT2D eigenvalue weighted by atomic mass is 9.74. The van der Waals surface area contributed by atoms with Crippen LogP contribution in [0.4, 0.5) is 5.69 Å². The van der Waals surface area contributed by atoms with Gasteiger partial charge in [0.25, 0.3) is 0 Å². The number of carbonyl (C=O) groups is 2. The normalized spacial score (nSPS) is 25.4. The lowest BCUT2D eigenvalue weighted by molar-refractivity contribution is -0.122. The number of rotatable bonds is 3. The maximum Gasteiger partial charge on any atom is 0.249 e. The van der Waals surface area contributed by atoms with Crippen LogP contribution in [0.15, 0.2) is 18.2 Å². The van der Waals surface area contributed by atoms with Crippen molar-refractivity contribution in [2.24, 2.45) is 17.4 Å². The van der Waals surface area contributed by atoms with E-state index in [1.807, 2.05) is 13.8 Å². The summed E-state index contributed by atoms with van der Waals surface area (Å²) in [7, 11) is 0. The molecule has 0 saturated heterocycles. The van der Waals surface area contributed by atoms with E-state index in [4.69, 9.17) is 11.5 Å². The first-order valence-electron chi connectivity index (χ1n) is 7.31. The molecule has 0 heterocycles. The smallest absolute Gasteiger partial charge is 0.249 e. The average molecular weight is 289 g/mol. The number of benzene rings is 1. The zero-order valence-electron chi connectivity index (χ0n) is 12.6. The van der Waals surface area contributed by atoms with E-state index in [-0.39, 0.29) is 11.8 Å². The molecule has 1 aliphatic carbocycles. The number of anilines is 1. The highest BCUT2D eigenvalue weighted by Gasteiger charge is 2.37. The van der Waals surface area contributed by atoms with Crippen LogP contribution >= 0.6 is 0 Å². The minimum atomic E-state index is -0.495. The van der Waals surface area contributed by atoms with Crippen molar-refractivity contribution in [2.75, 3.05) is 5.32 Å². The van der Waals surface area contributed by atoms with E-state index in [0.29, 0.717) is 11.3 Å². The Morgan fingerprint density at radius 3 is 2.67 bits per heavy atom. The summed E-state index contributed by atoms with van der Waals surface area (Å²) in [5, 5.41) is 2.86. The molecule has 1 fully saturated rings. The maximum atomic E-state index is 12.4. The lowest BCUT2D eigenvalue weighted by Crippen LogP contribution is -2.51. The van der Waals surface area contributed by atoms with Gasteiger partial charge < -0.3 is 16.8 Å². The lowest BCUT2D eigenvalue weighted by Gasteiger charge is -2.37. The number of amides is 2. The molecule has 5 heteroatoms. The summed E-state index contributed by atoms with van der Waals surface area (Å²) in [5.41, 5.74) is 12.9. The molecule has 0 aromatic heterocycles. The van der Waals surface area contributed by atoms with Crippen molar-refractivity contribution in [1.82, 2.24) is 0 Å². The van der Waals surface area contributed by atoms with Crippen molar-refractivity contribution in [3.8, 4) is 0 Å². The van der Waals surface area contributed by atoms with Gasteiger partial charge in [-0.05, 0) is 44.4 Å². The fraction of sp³-hybridized carbons (Fsp3) is 0.500. The van der Waals surface area contributed by atoms with Crippen molar-refractivity contribution >= 4 is 17.5 Å². The number of carbonyl (C=O) groups excluding carboxylic acids is 2. The van der Waals surface area contributed by atoms with Crippen LogP contribution in [0, 0.1) is 12.8 Å². The van der Waals surface area contributed by atoms with Gasteiger partial charge in [0.2, 0.25) is 11.8 Å². The van der Waals surface area contributed by atoms with Crippen molar-refractivity contribution < 1.29 is 9.59 Å². The van der Waals surface area contributed by atoms with E-state index in [9.17, 15) is 9.59 Å². The zero-order valence-corrected chi connectivity index (χ0v) is 12.6. The Kier molecular flexibility index (Phi) is 4.32. The van der Waals surface area contributed by atoms with Crippen molar-refractivity contribution in [2.45, 2.75) is 45.1 Å². The monoisotopic (exact) mass is 289 g/mol. The molecule has 0 bridgehead atoms. The predicted octanol–water partition coefficient (Wildman–Crippen LogP) is 1.94. The minimum absolute atomic E-state index is 0.0843. The standard InChI is InChI=1S/C16H23N3O2/c1-10-6-7-11(9-12(10)14(17)20)19-15(21)13-5-3-4-8-16(13,2)18/h6-7,9,13H,3-5,8,18H2,1-2H3,(H2,17,20)(H,19,21). The first-order valence-corrected chi connectivity index (χ1v) is 7.31. The summed E-state index contributed by atoms with van der Waals surface area (Å²) in [4.78, 5) is 23.8. The van der Waals surface area contributed by atoms with E-state index in [0.717, 1.165) is 31.2 Å². The van der Waals surface area contributed by atoms with Crippen molar-refractivity contribution in [3.63, 3.8) is 0 Å². The molecule has 5 N–H and O–H groups in total. The first kappa shape index (κ1) is 15.5. The molecule has 114 valence electrons. The van der Waals surface area contributed by atoms with Crippen LogP contribution in [0.5, 0.6) is 0 Å². The maximum absolute atomic E-state index is 12.4. The van der Waals surface area contributed by atoms with Gasteiger partial charge in [0.1, 0.15) is 0 Å². The molecule has 1 aliphatic rings. The Hall–Kier alpha value is -1.88. The van der Waals surface area contributed by atoms with Gasteiger partial charge in [0, 0.05) is 16.8 Å². The van der Waals surface area contributed by atoms with Crippen molar-refractivity contribution in [1.29, 1.82) is 0 Å². The average Bonchev–Trinajstić information content (AvgIpc) is 2.40. The Labute approximate surface area is 125 Å². The second kappa shape index (κ2) is 5.85. The molecular formula is C16H23N3O2. The summed E-state index contributed by atoms with van der Waals surface area (Å²) in [6, 6.07) is 5.17. The molecule has 1 saturated carbocycles. The van der Waals surface area contributed by atoms with Crippen molar-refractivity contribution in [3.05, 3.63) is 29.3 Å². The van der Waals surface area contributed by atoms with Gasteiger partial charge in [-0.25, -0.2) is 0 Å². The third-order valence-corrected chi connectivity index (χ3v) is 4.34. The van der Waals surface area contributed by atoms with Crippen LogP contribution in [-0.4, -0.2) is 17.4 Å². The van der Waals surface area contributed by atoms with E-state index < -0.39 is 11.4 Å². The minimum Gasteiger partial charge on any atom is -0.366 e. The van der Waals surface area contributed by atoms with Crippen LogP contribution in [0.2, 0.25) is 0 Å². The largest absolute Gasteiger partial charge is 0.366 e. The first-order chi connectivity index (χ1) is 9.81. The molecule has 2 amide bonds. The molecular weight excluding hydrogens is 266 g/mol. The summed E-state index contributed by atoms with van der Waals surface area (Å²) >= 11 is 0. The van der Waals surface area contributed by atoms with Gasteiger partial charge in [-0.3, -0.25) is 9.59 Å². The molecule has 0 radical (unpaired) electrons. The topological polar surface area (TPSA) is 98.2 Å². The van der Waals surface area contributed by atoms with Crippen LogP contribution < -0.4 is 16.8 Å². The Morgan fingerprint density at radius 2 is 2.05 bits per heavy atom. The molecule has 2 rings (SSSR count). The second-order valence-corrected chi connectivity index (χ2v) is 6.19. The number of hydrogen-bond acceptors (Lipinski definition) is 3. The molecule has 21 heavy (non-hydrogen) atoms. The van der Waals surface area contributed by atoms with E-state index in [2.05, 4.69) is 5.32 Å². The molecule has 5 nitrogen and oxygen atoms in total. The molecule has 0 spiro atoms. The van der Waals surface area contributed by atoms with Gasteiger partial charge in [0.05, 0.1) is 5.92 Å². The fourth-order valence-electron chi connectivity index (χ4n) is 2.98. The Morgan fingerprint density at radius 1 is 1.33 bits per heavy atom. The van der Waals surface area contributed by atoms with Gasteiger partial charge in [-0.2, -0.15) is 0 Å². The predicted molar refractivity (Wildman–Crippen MR) is 82.9 cm³/mol. The number of primary amides is 1. The second-order valence-electron chi connectivity index (χ2n) is 6.19. The summed E-state index contributed by atoms with van der Waals surface area (Å²) < 4.78 is 0. The van der Waals surface area contributed by atoms with Gasteiger partial charge in [-0.1, -0.05) is 18.9 Å². The van der Waals surface area contributed by atoms with E-state index in [1.165, 1.54) is 0 Å². The Balaban J connectivity index is 2.16. The highest BCUT2D eigenvalue weighted by Crippen LogP contribution is 2.32. The van der Waals surface area contributed by atoms with Crippen LogP contribution in [0.25, 0.3) is 0 Å². The zero-order chi connectivity index (χ0) is 15.6.